The molecule has 0 aromatic heterocycles. The molecule has 1 rings (SSSR count). The second-order valence-electron chi connectivity index (χ2n) is 4.23. The molecule has 0 radical (unpaired) electrons. The van der Waals surface area contributed by atoms with Crippen LogP contribution in [0.25, 0.3) is 0 Å². The van der Waals surface area contributed by atoms with E-state index < -0.39 is 0 Å². The summed E-state index contributed by atoms with van der Waals surface area (Å²) in [5.74, 6) is 0.169. The Hall–Kier alpha value is -0.650. The highest BCUT2D eigenvalue weighted by Crippen LogP contribution is 2.24. The van der Waals surface area contributed by atoms with E-state index in [9.17, 15) is 4.79 Å². The predicted molar refractivity (Wildman–Crippen MR) is 58.9 cm³/mol. The minimum atomic E-state index is -0.233. The maximum absolute atomic E-state index is 11.5. The largest absolute Gasteiger partial charge is 0.469 e. The van der Waals surface area contributed by atoms with E-state index in [1.165, 1.54) is 7.11 Å². The Morgan fingerprint density at radius 2 is 1.94 bits per heavy atom. The van der Waals surface area contributed by atoms with Crippen molar-refractivity contribution in [2.24, 2.45) is 11.8 Å². The number of hydrogen-bond donors (Lipinski definition) is 0. The molecule has 5 nitrogen and oxygen atoms in total. The lowest BCUT2D eigenvalue weighted by Gasteiger charge is -2.21. The minimum absolute atomic E-state index is 0.0284. The fourth-order valence-electron chi connectivity index (χ4n) is 2.13. The highest BCUT2D eigenvalue weighted by atomic mass is 16.7. The smallest absolute Gasteiger partial charge is 0.310 e. The molecular weight excluding hydrogens is 210 g/mol. The molecule has 0 saturated carbocycles. The van der Waals surface area contributed by atoms with Gasteiger partial charge in [-0.25, -0.2) is 0 Å². The van der Waals surface area contributed by atoms with Crippen LogP contribution in [0.2, 0.25) is 0 Å². The average Bonchev–Trinajstić information content (AvgIpc) is 2.66. The maximum atomic E-state index is 11.5. The number of nitrogens with zero attached hydrogens (tertiary/aromatic N) is 1. The maximum Gasteiger partial charge on any atom is 0.310 e. The van der Waals surface area contributed by atoms with Crippen molar-refractivity contribution < 1.29 is 19.0 Å². The fraction of sp³-hybridized carbons (Fsp3) is 0.909. The summed E-state index contributed by atoms with van der Waals surface area (Å²) in [7, 11) is 4.67. The number of carbonyl (C=O) groups excluding carboxylic acids is 1. The van der Waals surface area contributed by atoms with Crippen molar-refractivity contribution >= 4 is 5.97 Å². The van der Waals surface area contributed by atoms with Gasteiger partial charge in [0.25, 0.3) is 0 Å². The molecule has 0 amide bonds. The van der Waals surface area contributed by atoms with Crippen molar-refractivity contribution in [3.05, 3.63) is 0 Å². The summed E-state index contributed by atoms with van der Waals surface area (Å²) < 4.78 is 15.1. The molecule has 0 aromatic carbocycles. The second kappa shape index (κ2) is 6.18. The Kier molecular flexibility index (Phi) is 5.18. The number of ether oxygens (including phenoxy) is 3. The van der Waals surface area contributed by atoms with Crippen molar-refractivity contribution in [2.45, 2.75) is 13.2 Å². The number of carbonyl (C=O) groups is 1. The minimum Gasteiger partial charge on any atom is -0.469 e. The molecule has 1 aliphatic heterocycles. The van der Waals surface area contributed by atoms with Crippen LogP contribution in [0, 0.1) is 11.8 Å². The normalized spacial score (nSPS) is 26.3. The van der Waals surface area contributed by atoms with Gasteiger partial charge in [0.2, 0.25) is 0 Å². The first-order valence-electron chi connectivity index (χ1n) is 5.48. The molecule has 1 fully saturated rings. The number of esters is 1. The Balaban J connectivity index is 2.46. The van der Waals surface area contributed by atoms with Gasteiger partial charge < -0.3 is 14.2 Å². The molecule has 0 spiro atoms. The molecule has 16 heavy (non-hydrogen) atoms. The molecule has 0 aromatic rings. The first-order chi connectivity index (χ1) is 7.62. The van der Waals surface area contributed by atoms with Crippen molar-refractivity contribution in [2.75, 3.05) is 41.0 Å². The highest BCUT2D eigenvalue weighted by Gasteiger charge is 2.36. The Bertz CT molecular complexity index is 230. The molecule has 1 aliphatic rings. The number of hydrogen-bond acceptors (Lipinski definition) is 5. The third kappa shape index (κ3) is 3.17. The fourth-order valence-corrected chi connectivity index (χ4v) is 2.13. The first-order valence-corrected chi connectivity index (χ1v) is 5.48. The van der Waals surface area contributed by atoms with E-state index in [1.54, 1.807) is 14.2 Å². The summed E-state index contributed by atoms with van der Waals surface area (Å²) in [5.41, 5.74) is 0. The van der Waals surface area contributed by atoms with Crippen LogP contribution in [-0.4, -0.2) is 58.1 Å². The summed E-state index contributed by atoms with van der Waals surface area (Å²) in [5, 5.41) is 0. The molecular formula is C11H21NO4. The molecule has 0 aliphatic carbocycles. The Morgan fingerprint density at radius 3 is 2.44 bits per heavy atom. The summed E-state index contributed by atoms with van der Waals surface area (Å²) in [6.07, 6.45) is -0.233. The predicted octanol–water partition coefficient (Wildman–Crippen LogP) is 0.346. The number of likely N-dealkylation sites (tertiary alicyclic amines) is 1. The van der Waals surface area contributed by atoms with Crippen LogP contribution < -0.4 is 0 Å². The van der Waals surface area contributed by atoms with Crippen molar-refractivity contribution in [3.63, 3.8) is 0 Å². The molecule has 94 valence electrons. The highest BCUT2D eigenvalue weighted by molar-refractivity contribution is 5.73. The van der Waals surface area contributed by atoms with Crippen LogP contribution in [0.3, 0.4) is 0 Å². The second-order valence-corrected chi connectivity index (χ2v) is 4.23. The SMILES string of the molecule is COC(=O)C1CN(CC(OC)OC)CC1C. The van der Waals surface area contributed by atoms with Gasteiger partial charge in [-0.05, 0) is 5.92 Å². The van der Waals surface area contributed by atoms with Gasteiger partial charge in [0, 0.05) is 33.9 Å². The molecule has 1 saturated heterocycles. The van der Waals surface area contributed by atoms with Crippen molar-refractivity contribution in [3.8, 4) is 0 Å². The van der Waals surface area contributed by atoms with Gasteiger partial charge in [0.1, 0.15) is 0 Å². The van der Waals surface area contributed by atoms with Crippen LogP contribution in [0.1, 0.15) is 6.92 Å². The zero-order chi connectivity index (χ0) is 12.1. The molecule has 0 bridgehead atoms. The molecule has 2 unspecified atom stereocenters. The van der Waals surface area contributed by atoms with Crippen LogP contribution in [0.15, 0.2) is 0 Å². The summed E-state index contributed by atoms with van der Waals surface area (Å²) in [6.45, 7) is 4.35. The van der Waals surface area contributed by atoms with E-state index in [-0.39, 0.29) is 18.2 Å². The Morgan fingerprint density at radius 1 is 1.31 bits per heavy atom. The van der Waals surface area contributed by atoms with Gasteiger partial charge in [-0.1, -0.05) is 6.92 Å². The van der Waals surface area contributed by atoms with Crippen LogP contribution in [-0.2, 0) is 19.0 Å². The zero-order valence-electron chi connectivity index (χ0n) is 10.4. The summed E-state index contributed by atoms with van der Waals surface area (Å²) in [4.78, 5) is 13.7. The lowest BCUT2D eigenvalue weighted by molar-refractivity contribution is -0.146. The van der Waals surface area contributed by atoms with Gasteiger partial charge in [0.15, 0.2) is 6.29 Å². The monoisotopic (exact) mass is 231 g/mol. The summed E-state index contributed by atoms with van der Waals surface area (Å²) in [6, 6.07) is 0. The van der Waals surface area contributed by atoms with Crippen LogP contribution in [0.5, 0.6) is 0 Å². The van der Waals surface area contributed by atoms with Gasteiger partial charge in [-0.3, -0.25) is 9.69 Å². The van der Waals surface area contributed by atoms with E-state index in [0.717, 1.165) is 13.1 Å². The first kappa shape index (κ1) is 13.4. The zero-order valence-corrected chi connectivity index (χ0v) is 10.4. The molecule has 2 atom stereocenters. The Labute approximate surface area is 96.6 Å². The van der Waals surface area contributed by atoms with E-state index in [0.29, 0.717) is 12.5 Å². The third-order valence-electron chi connectivity index (χ3n) is 3.12. The molecule has 0 N–H and O–H groups in total. The molecule has 1 heterocycles. The van der Waals surface area contributed by atoms with Gasteiger partial charge >= 0.3 is 5.97 Å². The third-order valence-corrected chi connectivity index (χ3v) is 3.12. The van der Waals surface area contributed by atoms with E-state index in [4.69, 9.17) is 14.2 Å². The van der Waals surface area contributed by atoms with Crippen LogP contribution in [0.4, 0.5) is 0 Å². The van der Waals surface area contributed by atoms with Crippen molar-refractivity contribution in [1.29, 1.82) is 0 Å². The number of methoxy groups -OCH3 is 3. The topological polar surface area (TPSA) is 48.0 Å². The van der Waals surface area contributed by atoms with Gasteiger partial charge in [-0.2, -0.15) is 0 Å². The van der Waals surface area contributed by atoms with Gasteiger partial charge in [0.05, 0.1) is 13.0 Å². The van der Waals surface area contributed by atoms with Crippen molar-refractivity contribution in [1.82, 2.24) is 4.90 Å². The van der Waals surface area contributed by atoms with E-state index in [1.807, 2.05) is 0 Å². The standard InChI is InChI=1S/C11H21NO4/c1-8-5-12(7-10(14-2)15-3)6-9(8)11(13)16-4/h8-10H,5-7H2,1-4H3. The quantitative estimate of drug-likeness (QED) is 0.504. The lowest BCUT2D eigenvalue weighted by atomic mass is 9.99. The molecule has 5 heteroatoms. The van der Waals surface area contributed by atoms with Gasteiger partial charge in [-0.15, -0.1) is 0 Å². The summed E-state index contributed by atoms with van der Waals surface area (Å²) >= 11 is 0. The van der Waals surface area contributed by atoms with Crippen LogP contribution >= 0.6 is 0 Å². The van der Waals surface area contributed by atoms with E-state index in [2.05, 4.69) is 11.8 Å². The lowest BCUT2D eigenvalue weighted by Crippen LogP contribution is -2.33. The number of rotatable bonds is 5. The average molecular weight is 231 g/mol. The van der Waals surface area contributed by atoms with E-state index >= 15 is 0 Å².